The van der Waals surface area contributed by atoms with Crippen LogP contribution in [0.25, 0.3) is 0 Å². The van der Waals surface area contributed by atoms with Crippen molar-refractivity contribution in [1.29, 1.82) is 0 Å². The first-order chi connectivity index (χ1) is 27.8. The van der Waals surface area contributed by atoms with Crippen LogP contribution in [0.15, 0.2) is 84.9 Å². The minimum atomic E-state index is 0.0508. The second-order valence-electron chi connectivity index (χ2n) is 18.2. The lowest BCUT2D eigenvalue weighted by atomic mass is 9.62. The first kappa shape index (κ1) is 44.6. The van der Waals surface area contributed by atoms with Crippen molar-refractivity contribution in [2.45, 2.75) is 193 Å². The lowest BCUT2D eigenvalue weighted by molar-refractivity contribution is 0.250. The number of unbranched alkanes of at least 4 members (excludes halogenated alkanes) is 12. The molecule has 57 heavy (non-hydrogen) atoms. The van der Waals surface area contributed by atoms with Gasteiger partial charge in [0.1, 0.15) is 0 Å². The molecule has 5 rings (SSSR count). The molecule has 0 aliphatic heterocycles. The van der Waals surface area contributed by atoms with E-state index in [9.17, 15) is 0 Å². The minimum absolute atomic E-state index is 0.0508. The largest absolute Gasteiger partial charge is 0.399 e. The fourth-order valence-corrected chi connectivity index (χ4v) is 10.4. The van der Waals surface area contributed by atoms with Gasteiger partial charge in [0.15, 0.2) is 0 Å². The number of aryl methyl sites for hydroxylation is 2. The molecule has 0 heterocycles. The van der Waals surface area contributed by atoms with Crippen LogP contribution in [0, 0.1) is 19.8 Å². The average Bonchev–Trinajstić information content (AvgIpc) is 3.22. The third-order valence-corrected chi connectivity index (χ3v) is 13.9. The third kappa shape index (κ3) is 12.5. The van der Waals surface area contributed by atoms with E-state index in [2.05, 4.69) is 120 Å². The topological polar surface area (TPSA) is 52.0 Å². The fraction of sp³-hybridized carbons (Fsp3) is 0.564. The van der Waals surface area contributed by atoms with Gasteiger partial charge in [-0.2, -0.15) is 0 Å². The van der Waals surface area contributed by atoms with Crippen LogP contribution < -0.4 is 11.5 Å². The maximum atomic E-state index is 6.24. The standard InChI is InChI=1S/C55H80N2/c1-6-9-12-15-16-17-18-21-44-36-38-55(39-37-44,47-28-24-45(25-29-47)53(22-19-13-10-7-2)51-34-32-49(56)40-42(51)4)48-30-26-46(27-31-48)54(23-20-14-11-8-3)52-35-33-50(57)41-43(52)5/h24-35,40-41,44,53-54H,6-23,36-39,56-57H2,1-5H3. The molecule has 2 heteroatoms. The molecule has 1 aliphatic rings. The molecule has 0 aromatic heterocycles. The van der Waals surface area contributed by atoms with E-state index < -0.39 is 0 Å². The molecule has 4 aromatic rings. The first-order valence-corrected chi connectivity index (χ1v) is 23.7. The van der Waals surface area contributed by atoms with Crippen molar-refractivity contribution in [1.82, 2.24) is 0 Å². The van der Waals surface area contributed by atoms with E-state index in [0.717, 1.165) is 17.3 Å². The predicted octanol–water partition coefficient (Wildman–Crippen LogP) is 16.3. The Morgan fingerprint density at radius 1 is 0.491 bits per heavy atom. The smallest absolute Gasteiger partial charge is 0.0316 e. The van der Waals surface area contributed by atoms with Crippen LogP contribution in [-0.2, 0) is 5.41 Å². The molecule has 2 atom stereocenters. The normalized spacial score (nSPS) is 18.1. The van der Waals surface area contributed by atoms with Gasteiger partial charge in [-0.1, -0.05) is 184 Å². The van der Waals surface area contributed by atoms with Crippen molar-refractivity contribution < 1.29 is 0 Å². The summed E-state index contributed by atoms with van der Waals surface area (Å²) in [5.74, 6) is 1.65. The molecule has 4 N–H and O–H groups in total. The van der Waals surface area contributed by atoms with E-state index in [0.29, 0.717) is 11.8 Å². The maximum absolute atomic E-state index is 6.24. The highest BCUT2D eigenvalue weighted by Gasteiger charge is 2.38. The summed E-state index contributed by atoms with van der Waals surface area (Å²) in [4.78, 5) is 0. The predicted molar refractivity (Wildman–Crippen MR) is 251 cm³/mol. The van der Waals surface area contributed by atoms with Gasteiger partial charge in [0.05, 0.1) is 0 Å². The zero-order valence-corrected chi connectivity index (χ0v) is 37.0. The van der Waals surface area contributed by atoms with Gasteiger partial charge in [0.2, 0.25) is 0 Å². The third-order valence-electron chi connectivity index (χ3n) is 13.9. The van der Waals surface area contributed by atoms with Gasteiger partial charge >= 0.3 is 0 Å². The van der Waals surface area contributed by atoms with Gasteiger partial charge in [-0.05, 0) is 127 Å². The molecule has 0 saturated heterocycles. The highest BCUT2D eigenvalue weighted by atomic mass is 14.5. The first-order valence-electron chi connectivity index (χ1n) is 23.7. The summed E-state index contributed by atoms with van der Waals surface area (Å²) >= 11 is 0. The number of rotatable bonds is 24. The van der Waals surface area contributed by atoms with Gasteiger partial charge in [0, 0.05) is 28.6 Å². The van der Waals surface area contributed by atoms with Crippen molar-refractivity contribution in [3.8, 4) is 0 Å². The second-order valence-corrected chi connectivity index (χ2v) is 18.2. The SMILES string of the molecule is CCCCCCCCCC1CCC(c2ccc(C(CCCCCC)c3ccc(N)cc3C)cc2)(c2ccc(C(CCCCCC)c3ccc(N)cc3C)cc2)CC1. The van der Waals surface area contributed by atoms with Crippen LogP contribution in [0.1, 0.15) is 218 Å². The Morgan fingerprint density at radius 2 is 0.877 bits per heavy atom. The lowest BCUT2D eigenvalue weighted by Gasteiger charge is -2.42. The van der Waals surface area contributed by atoms with Crippen molar-refractivity contribution in [3.05, 3.63) is 129 Å². The molecule has 2 unspecified atom stereocenters. The van der Waals surface area contributed by atoms with E-state index in [4.69, 9.17) is 11.5 Å². The van der Waals surface area contributed by atoms with Crippen molar-refractivity contribution in [2.75, 3.05) is 11.5 Å². The Labute approximate surface area is 350 Å². The van der Waals surface area contributed by atoms with Crippen LogP contribution in [0.5, 0.6) is 0 Å². The van der Waals surface area contributed by atoms with Gasteiger partial charge in [-0.15, -0.1) is 0 Å². The summed E-state index contributed by atoms with van der Waals surface area (Å²) < 4.78 is 0. The Kier molecular flexibility index (Phi) is 18.1. The summed E-state index contributed by atoms with van der Waals surface area (Å²) in [6, 6.07) is 33.2. The Hall–Kier alpha value is -3.52. The second kappa shape index (κ2) is 23.2. The van der Waals surface area contributed by atoms with Crippen LogP contribution in [0.3, 0.4) is 0 Å². The quantitative estimate of drug-likeness (QED) is 0.0551. The van der Waals surface area contributed by atoms with E-state index in [1.807, 2.05) is 0 Å². The van der Waals surface area contributed by atoms with Crippen LogP contribution in [0.2, 0.25) is 0 Å². The lowest BCUT2D eigenvalue weighted by Crippen LogP contribution is -2.33. The molecule has 4 aromatic carbocycles. The molecular formula is C55H80N2. The number of benzene rings is 4. The highest BCUT2D eigenvalue weighted by molar-refractivity contribution is 5.51. The van der Waals surface area contributed by atoms with Crippen LogP contribution in [0.4, 0.5) is 11.4 Å². The van der Waals surface area contributed by atoms with Crippen LogP contribution >= 0.6 is 0 Å². The number of anilines is 2. The van der Waals surface area contributed by atoms with Gasteiger partial charge in [-0.3, -0.25) is 0 Å². The summed E-state index contributed by atoms with van der Waals surface area (Å²) in [7, 11) is 0. The zero-order chi connectivity index (χ0) is 40.5. The average molecular weight is 769 g/mol. The van der Waals surface area contributed by atoms with Crippen molar-refractivity contribution in [2.24, 2.45) is 5.92 Å². The summed E-state index contributed by atoms with van der Waals surface area (Å²) in [5.41, 5.74) is 25.7. The molecule has 1 saturated carbocycles. The maximum Gasteiger partial charge on any atom is 0.0316 e. The number of nitrogens with two attached hydrogens (primary N) is 2. The molecule has 0 radical (unpaired) electrons. The molecule has 0 bridgehead atoms. The molecule has 310 valence electrons. The van der Waals surface area contributed by atoms with Gasteiger partial charge in [-0.25, -0.2) is 0 Å². The number of nitrogen functional groups attached to an aromatic ring is 2. The van der Waals surface area contributed by atoms with E-state index in [1.165, 1.54) is 186 Å². The van der Waals surface area contributed by atoms with Crippen molar-refractivity contribution >= 4 is 11.4 Å². The summed E-state index contributed by atoms with van der Waals surface area (Å²) in [6.07, 6.45) is 29.0. The number of hydrogen-bond acceptors (Lipinski definition) is 2. The molecule has 0 amide bonds. The molecular weight excluding hydrogens is 689 g/mol. The van der Waals surface area contributed by atoms with Crippen molar-refractivity contribution in [3.63, 3.8) is 0 Å². The van der Waals surface area contributed by atoms with Gasteiger partial charge < -0.3 is 11.5 Å². The van der Waals surface area contributed by atoms with E-state index >= 15 is 0 Å². The number of hydrogen-bond donors (Lipinski definition) is 2. The van der Waals surface area contributed by atoms with Crippen LogP contribution in [-0.4, -0.2) is 0 Å². The fourth-order valence-electron chi connectivity index (χ4n) is 10.4. The summed E-state index contributed by atoms with van der Waals surface area (Å²) in [6.45, 7) is 11.4. The molecule has 1 fully saturated rings. The molecule has 0 spiro atoms. The summed E-state index contributed by atoms with van der Waals surface area (Å²) in [5, 5.41) is 0. The van der Waals surface area contributed by atoms with E-state index in [-0.39, 0.29) is 5.41 Å². The van der Waals surface area contributed by atoms with E-state index in [1.54, 1.807) is 0 Å². The monoisotopic (exact) mass is 769 g/mol. The zero-order valence-electron chi connectivity index (χ0n) is 37.0. The highest BCUT2D eigenvalue weighted by Crippen LogP contribution is 2.48. The molecule has 2 nitrogen and oxygen atoms in total. The Bertz CT molecular complexity index is 1610. The molecule has 1 aliphatic carbocycles. The Balaban J connectivity index is 1.43. The Morgan fingerprint density at radius 3 is 1.28 bits per heavy atom. The van der Waals surface area contributed by atoms with Gasteiger partial charge in [0.25, 0.3) is 0 Å². The minimum Gasteiger partial charge on any atom is -0.399 e.